The predicted molar refractivity (Wildman–Crippen MR) is 68.6 cm³/mol. The molecule has 3 nitrogen and oxygen atoms in total. The first-order valence-electron chi connectivity index (χ1n) is 6.01. The van der Waals surface area contributed by atoms with Crippen molar-refractivity contribution in [2.24, 2.45) is 5.41 Å². The standard InChI is InChI=1S/C13H23N3/c1-6-7-11-8-12(15-9-14-11)16-10(2)13(3,4)5/h8-10H,6-7H2,1-5H3,(H,14,15,16). The number of hydrogen-bond donors (Lipinski definition) is 1. The Bertz CT molecular complexity index is 328. The van der Waals surface area contributed by atoms with Crippen molar-refractivity contribution in [1.82, 2.24) is 9.97 Å². The van der Waals surface area contributed by atoms with E-state index in [-0.39, 0.29) is 5.41 Å². The summed E-state index contributed by atoms with van der Waals surface area (Å²) in [6, 6.07) is 2.43. The van der Waals surface area contributed by atoms with Gasteiger partial charge in [-0.05, 0) is 18.8 Å². The Morgan fingerprint density at radius 3 is 2.56 bits per heavy atom. The summed E-state index contributed by atoms with van der Waals surface area (Å²) < 4.78 is 0. The molecule has 0 amide bonds. The monoisotopic (exact) mass is 221 g/mol. The highest BCUT2D eigenvalue weighted by Gasteiger charge is 2.19. The Balaban J connectivity index is 2.70. The maximum atomic E-state index is 4.25. The van der Waals surface area contributed by atoms with Crippen molar-refractivity contribution < 1.29 is 0 Å². The quantitative estimate of drug-likeness (QED) is 0.848. The number of aromatic nitrogens is 2. The molecule has 0 saturated carbocycles. The summed E-state index contributed by atoms with van der Waals surface area (Å²) in [5, 5.41) is 3.43. The van der Waals surface area contributed by atoms with Gasteiger partial charge in [0, 0.05) is 17.8 Å². The third-order valence-corrected chi connectivity index (χ3v) is 2.89. The van der Waals surface area contributed by atoms with Crippen molar-refractivity contribution in [3.05, 3.63) is 18.1 Å². The van der Waals surface area contributed by atoms with Crippen molar-refractivity contribution in [3.63, 3.8) is 0 Å². The molecule has 16 heavy (non-hydrogen) atoms. The zero-order valence-corrected chi connectivity index (χ0v) is 11.0. The molecule has 0 bridgehead atoms. The molecule has 0 radical (unpaired) electrons. The molecule has 0 aliphatic heterocycles. The summed E-state index contributed by atoms with van der Waals surface area (Å²) in [5.41, 5.74) is 1.34. The van der Waals surface area contributed by atoms with Crippen molar-refractivity contribution in [2.75, 3.05) is 5.32 Å². The number of anilines is 1. The van der Waals surface area contributed by atoms with Crippen molar-refractivity contribution in [1.29, 1.82) is 0 Å². The van der Waals surface area contributed by atoms with E-state index in [9.17, 15) is 0 Å². The Kier molecular flexibility index (Phi) is 4.27. The topological polar surface area (TPSA) is 37.8 Å². The molecule has 1 heterocycles. The molecular formula is C13H23N3. The van der Waals surface area contributed by atoms with Gasteiger partial charge in [-0.2, -0.15) is 0 Å². The van der Waals surface area contributed by atoms with Gasteiger partial charge in [-0.1, -0.05) is 34.1 Å². The highest BCUT2D eigenvalue weighted by atomic mass is 15.0. The molecule has 3 heteroatoms. The van der Waals surface area contributed by atoms with Crippen LogP contribution in [0.25, 0.3) is 0 Å². The highest BCUT2D eigenvalue weighted by molar-refractivity contribution is 5.36. The smallest absolute Gasteiger partial charge is 0.129 e. The first kappa shape index (κ1) is 12.9. The minimum Gasteiger partial charge on any atom is -0.367 e. The Hall–Kier alpha value is -1.12. The minimum absolute atomic E-state index is 0.232. The van der Waals surface area contributed by atoms with E-state index in [4.69, 9.17) is 0 Å². The summed E-state index contributed by atoms with van der Waals surface area (Å²) in [6.07, 6.45) is 3.77. The van der Waals surface area contributed by atoms with Crippen LogP contribution in [0.3, 0.4) is 0 Å². The summed E-state index contributed by atoms with van der Waals surface area (Å²) in [6.45, 7) is 11.0. The van der Waals surface area contributed by atoms with Gasteiger partial charge < -0.3 is 5.32 Å². The Labute approximate surface area is 98.7 Å². The van der Waals surface area contributed by atoms with Crippen LogP contribution in [0.15, 0.2) is 12.4 Å². The number of nitrogens with one attached hydrogen (secondary N) is 1. The average molecular weight is 221 g/mol. The third kappa shape index (κ3) is 3.80. The van der Waals surface area contributed by atoms with Crippen LogP contribution in [0.2, 0.25) is 0 Å². The molecule has 0 aliphatic carbocycles. The molecule has 0 saturated heterocycles. The van der Waals surface area contributed by atoms with Crippen LogP contribution in [0.4, 0.5) is 5.82 Å². The minimum atomic E-state index is 0.232. The van der Waals surface area contributed by atoms with Gasteiger partial charge in [0.15, 0.2) is 0 Å². The average Bonchev–Trinajstić information content (AvgIpc) is 2.17. The van der Waals surface area contributed by atoms with E-state index in [1.54, 1.807) is 6.33 Å². The largest absolute Gasteiger partial charge is 0.367 e. The lowest BCUT2D eigenvalue weighted by atomic mass is 9.88. The summed E-state index contributed by atoms with van der Waals surface area (Å²) in [5.74, 6) is 0.931. The van der Waals surface area contributed by atoms with Gasteiger partial charge in [-0.25, -0.2) is 9.97 Å². The number of nitrogens with zero attached hydrogens (tertiary/aromatic N) is 2. The molecule has 90 valence electrons. The van der Waals surface area contributed by atoms with E-state index in [1.807, 2.05) is 6.07 Å². The first-order chi connectivity index (χ1) is 7.43. The number of aryl methyl sites for hydroxylation is 1. The fourth-order valence-corrected chi connectivity index (χ4v) is 1.31. The highest BCUT2D eigenvalue weighted by Crippen LogP contribution is 2.21. The first-order valence-corrected chi connectivity index (χ1v) is 6.01. The van der Waals surface area contributed by atoms with Crippen molar-refractivity contribution in [3.8, 4) is 0 Å². The van der Waals surface area contributed by atoms with E-state index in [0.717, 1.165) is 24.4 Å². The molecule has 1 N–H and O–H groups in total. The van der Waals surface area contributed by atoms with Crippen LogP contribution in [0.5, 0.6) is 0 Å². The summed E-state index contributed by atoms with van der Waals surface area (Å²) in [4.78, 5) is 8.50. The van der Waals surface area contributed by atoms with E-state index < -0.39 is 0 Å². The van der Waals surface area contributed by atoms with Gasteiger partial charge in [0.05, 0.1) is 0 Å². The second-order valence-corrected chi connectivity index (χ2v) is 5.38. The van der Waals surface area contributed by atoms with Crippen molar-refractivity contribution in [2.45, 2.75) is 53.5 Å². The molecule has 1 aromatic heterocycles. The van der Waals surface area contributed by atoms with E-state index >= 15 is 0 Å². The second kappa shape index (κ2) is 5.28. The molecular weight excluding hydrogens is 198 g/mol. The zero-order chi connectivity index (χ0) is 12.2. The maximum Gasteiger partial charge on any atom is 0.129 e. The fourth-order valence-electron chi connectivity index (χ4n) is 1.31. The number of rotatable bonds is 4. The van der Waals surface area contributed by atoms with Gasteiger partial charge in [0.25, 0.3) is 0 Å². The zero-order valence-electron chi connectivity index (χ0n) is 11.0. The molecule has 0 spiro atoms. The third-order valence-electron chi connectivity index (χ3n) is 2.89. The molecule has 0 fully saturated rings. The van der Waals surface area contributed by atoms with Crippen LogP contribution in [0, 0.1) is 5.41 Å². The van der Waals surface area contributed by atoms with Gasteiger partial charge >= 0.3 is 0 Å². The fraction of sp³-hybridized carbons (Fsp3) is 0.692. The van der Waals surface area contributed by atoms with E-state index in [1.165, 1.54) is 0 Å². The maximum absolute atomic E-state index is 4.25. The van der Waals surface area contributed by atoms with Gasteiger partial charge in [-0.3, -0.25) is 0 Å². The van der Waals surface area contributed by atoms with Crippen molar-refractivity contribution >= 4 is 5.82 Å². The van der Waals surface area contributed by atoms with E-state index in [0.29, 0.717) is 6.04 Å². The van der Waals surface area contributed by atoms with E-state index in [2.05, 4.69) is 49.9 Å². The van der Waals surface area contributed by atoms with Crippen LogP contribution in [-0.4, -0.2) is 16.0 Å². The van der Waals surface area contributed by atoms with Crippen LogP contribution < -0.4 is 5.32 Å². The molecule has 0 aliphatic rings. The Morgan fingerprint density at radius 1 is 1.31 bits per heavy atom. The second-order valence-electron chi connectivity index (χ2n) is 5.38. The number of hydrogen-bond acceptors (Lipinski definition) is 3. The molecule has 1 atom stereocenters. The normalized spacial score (nSPS) is 13.6. The summed E-state index contributed by atoms with van der Waals surface area (Å²) >= 11 is 0. The lowest BCUT2D eigenvalue weighted by molar-refractivity contribution is 0.358. The van der Waals surface area contributed by atoms with Crippen LogP contribution >= 0.6 is 0 Å². The van der Waals surface area contributed by atoms with Gasteiger partial charge in [-0.15, -0.1) is 0 Å². The summed E-state index contributed by atoms with van der Waals surface area (Å²) in [7, 11) is 0. The Morgan fingerprint density at radius 2 is 2.00 bits per heavy atom. The van der Waals surface area contributed by atoms with Gasteiger partial charge in [0.1, 0.15) is 12.1 Å². The molecule has 1 aromatic rings. The lowest BCUT2D eigenvalue weighted by Gasteiger charge is -2.28. The lowest BCUT2D eigenvalue weighted by Crippen LogP contribution is -2.31. The SMILES string of the molecule is CCCc1cc(NC(C)C(C)(C)C)ncn1. The van der Waals surface area contributed by atoms with Gasteiger partial charge in [0.2, 0.25) is 0 Å². The predicted octanol–water partition coefficient (Wildman–Crippen LogP) is 3.28. The molecule has 1 rings (SSSR count). The van der Waals surface area contributed by atoms with Crippen LogP contribution in [0.1, 0.15) is 46.7 Å². The van der Waals surface area contributed by atoms with Crippen LogP contribution in [-0.2, 0) is 6.42 Å². The molecule has 1 unspecified atom stereocenters. The molecule has 0 aromatic carbocycles.